The van der Waals surface area contributed by atoms with Gasteiger partial charge in [-0.15, -0.1) is 0 Å². The summed E-state index contributed by atoms with van der Waals surface area (Å²) in [6, 6.07) is 21.5. The van der Waals surface area contributed by atoms with Gasteiger partial charge in [0.2, 0.25) is 5.90 Å². The van der Waals surface area contributed by atoms with Crippen LogP contribution in [0.1, 0.15) is 11.1 Å². The van der Waals surface area contributed by atoms with Crippen molar-refractivity contribution in [3.8, 4) is 0 Å². The van der Waals surface area contributed by atoms with Crippen LogP contribution in [0.2, 0.25) is 0 Å². The monoisotopic (exact) mass is 377 g/mol. The maximum atomic E-state index is 12.2. The van der Waals surface area contributed by atoms with Crippen molar-refractivity contribution in [2.75, 3.05) is 0 Å². The van der Waals surface area contributed by atoms with Crippen molar-refractivity contribution in [1.82, 2.24) is 0 Å². The van der Waals surface area contributed by atoms with E-state index in [0.29, 0.717) is 11.6 Å². The number of hydrogen-bond donors (Lipinski definition) is 0. The van der Waals surface area contributed by atoms with E-state index in [4.69, 9.17) is 4.74 Å². The fourth-order valence-corrected chi connectivity index (χ4v) is 2.91. The molecule has 0 radical (unpaired) electrons. The first-order valence-corrected chi connectivity index (χ1v) is 8.26. The Morgan fingerprint density at radius 1 is 0.917 bits per heavy atom. The van der Waals surface area contributed by atoms with Crippen LogP contribution >= 0.6 is 15.9 Å². The lowest BCUT2D eigenvalue weighted by atomic mass is 10.0. The van der Waals surface area contributed by atoms with Gasteiger partial charge in [0.15, 0.2) is 5.70 Å². The Labute approximate surface area is 147 Å². The predicted octanol–water partition coefficient (Wildman–Crippen LogP) is 4.95. The zero-order valence-corrected chi connectivity index (χ0v) is 14.2. The minimum absolute atomic E-state index is 0.310. The van der Waals surface area contributed by atoms with Crippen LogP contribution < -0.4 is 0 Å². The number of nitrogens with zero attached hydrogens (tertiary/aromatic N) is 1. The summed E-state index contributed by atoms with van der Waals surface area (Å²) < 4.78 is 6.27. The summed E-state index contributed by atoms with van der Waals surface area (Å²) in [6.07, 6.45) is 1.77. The number of aliphatic imine (C=N–C) groups is 1. The molecule has 3 aromatic rings. The summed E-state index contributed by atoms with van der Waals surface area (Å²) in [4.78, 5) is 16.5. The molecule has 0 saturated carbocycles. The van der Waals surface area contributed by atoms with Crippen LogP contribution in [0.5, 0.6) is 0 Å². The first-order chi connectivity index (χ1) is 11.7. The van der Waals surface area contributed by atoms with Crippen LogP contribution in [0.15, 0.2) is 81.9 Å². The highest BCUT2D eigenvalue weighted by atomic mass is 79.9. The molecule has 1 aliphatic rings. The van der Waals surface area contributed by atoms with Gasteiger partial charge >= 0.3 is 5.97 Å². The molecule has 0 amide bonds. The van der Waals surface area contributed by atoms with Crippen LogP contribution in [-0.4, -0.2) is 11.9 Å². The van der Waals surface area contributed by atoms with Gasteiger partial charge in [-0.25, -0.2) is 9.79 Å². The fourth-order valence-electron chi connectivity index (χ4n) is 2.65. The number of cyclic esters (lactones) is 1. The highest BCUT2D eigenvalue weighted by Crippen LogP contribution is 2.24. The number of rotatable bonds is 2. The number of benzene rings is 3. The van der Waals surface area contributed by atoms with Gasteiger partial charge in [-0.3, -0.25) is 0 Å². The molecule has 0 fully saturated rings. The van der Waals surface area contributed by atoms with E-state index in [9.17, 15) is 4.79 Å². The highest BCUT2D eigenvalue weighted by molar-refractivity contribution is 9.10. The molecule has 0 atom stereocenters. The smallest absolute Gasteiger partial charge is 0.363 e. The van der Waals surface area contributed by atoms with E-state index >= 15 is 0 Å². The van der Waals surface area contributed by atoms with Crippen LogP contribution in [0.25, 0.3) is 16.8 Å². The van der Waals surface area contributed by atoms with Gasteiger partial charge in [-0.2, -0.15) is 0 Å². The average Bonchev–Trinajstić information content (AvgIpc) is 2.97. The molecule has 0 spiro atoms. The minimum atomic E-state index is -0.430. The van der Waals surface area contributed by atoms with E-state index in [-0.39, 0.29) is 0 Å². The molecule has 0 aromatic heterocycles. The van der Waals surface area contributed by atoms with Gasteiger partial charge in [-0.05, 0) is 46.7 Å². The second-order valence-corrected chi connectivity index (χ2v) is 6.33. The second kappa shape index (κ2) is 6.06. The summed E-state index contributed by atoms with van der Waals surface area (Å²) in [5.41, 5.74) is 2.03. The van der Waals surface area contributed by atoms with E-state index in [1.807, 2.05) is 66.7 Å². The van der Waals surface area contributed by atoms with Crippen molar-refractivity contribution in [3.05, 3.63) is 88.0 Å². The van der Waals surface area contributed by atoms with E-state index in [2.05, 4.69) is 20.9 Å². The van der Waals surface area contributed by atoms with E-state index in [0.717, 1.165) is 26.4 Å². The van der Waals surface area contributed by atoms with Crippen LogP contribution in [0.3, 0.4) is 0 Å². The molecule has 0 bridgehead atoms. The van der Waals surface area contributed by atoms with Crippen molar-refractivity contribution in [1.29, 1.82) is 0 Å². The summed E-state index contributed by atoms with van der Waals surface area (Å²) >= 11 is 3.39. The molecule has 0 unspecified atom stereocenters. The zero-order valence-electron chi connectivity index (χ0n) is 12.6. The third-order valence-electron chi connectivity index (χ3n) is 3.83. The molecule has 3 aromatic carbocycles. The summed E-state index contributed by atoms with van der Waals surface area (Å²) in [5.74, 6) is -0.0974. The molecule has 0 N–H and O–H groups in total. The number of esters is 1. The van der Waals surface area contributed by atoms with Crippen molar-refractivity contribution < 1.29 is 9.53 Å². The molecular formula is C20H12BrNO2. The van der Waals surface area contributed by atoms with Gasteiger partial charge in [0.25, 0.3) is 0 Å². The topological polar surface area (TPSA) is 38.7 Å². The molecule has 0 saturated heterocycles. The lowest BCUT2D eigenvalue weighted by Gasteiger charge is -2.01. The van der Waals surface area contributed by atoms with E-state index in [1.54, 1.807) is 6.08 Å². The quantitative estimate of drug-likeness (QED) is 0.468. The standard InChI is InChI=1S/C20H12BrNO2/c21-16-10-8-14(9-11-16)19-22-18(20(23)24-19)12-15-6-3-5-13-4-1-2-7-17(13)15/h1-12H/b18-12-. The van der Waals surface area contributed by atoms with Crippen molar-refractivity contribution in [2.24, 2.45) is 4.99 Å². The van der Waals surface area contributed by atoms with E-state index in [1.165, 1.54) is 0 Å². The molecule has 1 heterocycles. The van der Waals surface area contributed by atoms with Crippen LogP contribution in [0.4, 0.5) is 0 Å². The van der Waals surface area contributed by atoms with Crippen molar-refractivity contribution in [2.45, 2.75) is 0 Å². The van der Waals surface area contributed by atoms with E-state index < -0.39 is 5.97 Å². The Morgan fingerprint density at radius 2 is 1.67 bits per heavy atom. The molecule has 4 rings (SSSR count). The maximum absolute atomic E-state index is 12.2. The van der Waals surface area contributed by atoms with Crippen molar-refractivity contribution in [3.63, 3.8) is 0 Å². The highest BCUT2D eigenvalue weighted by Gasteiger charge is 2.24. The number of carbonyl (C=O) groups excluding carboxylic acids is 1. The fraction of sp³-hybridized carbons (Fsp3) is 0. The normalized spacial score (nSPS) is 15.6. The van der Waals surface area contributed by atoms with Crippen LogP contribution in [0, 0.1) is 0 Å². The lowest BCUT2D eigenvalue weighted by Crippen LogP contribution is -2.05. The van der Waals surface area contributed by atoms with Crippen LogP contribution in [-0.2, 0) is 9.53 Å². The Bertz CT molecular complexity index is 998. The number of hydrogen-bond acceptors (Lipinski definition) is 3. The van der Waals surface area contributed by atoms with Gasteiger partial charge in [-0.1, -0.05) is 58.4 Å². The minimum Gasteiger partial charge on any atom is -0.402 e. The second-order valence-electron chi connectivity index (χ2n) is 5.41. The largest absolute Gasteiger partial charge is 0.402 e. The van der Waals surface area contributed by atoms with Gasteiger partial charge in [0.05, 0.1) is 0 Å². The van der Waals surface area contributed by atoms with Gasteiger partial charge in [0.1, 0.15) is 0 Å². The molecule has 1 aliphatic heterocycles. The predicted molar refractivity (Wildman–Crippen MR) is 98.7 cm³/mol. The molecule has 24 heavy (non-hydrogen) atoms. The Hall–Kier alpha value is -2.72. The average molecular weight is 378 g/mol. The first-order valence-electron chi connectivity index (χ1n) is 7.47. The number of ether oxygens (including phenoxy) is 1. The molecule has 116 valence electrons. The molecular weight excluding hydrogens is 366 g/mol. The van der Waals surface area contributed by atoms with Crippen molar-refractivity contribution >= 4 is 44.6 Å². The third kappa shape index (κ3) is 2.76. The number of halogens is 1. The zero-order chi connectivity index (χ0) is 16.5. The number of fused-ring (bicyclic) bond motifs is 1. The molecule has 3 nitrogen and oxygen atoms in total. The summed E-state index contributed by atoms with van der Waals surface area (Å²) in [6.45, 7) is 0. The first kappa shape index (κ1) is 14.8. The Balaban J connectivity index is 1.76. The van der Waals surface area contributed by atoms with Gasteiger partial charge in [0, 0.05) is 10.0 Å². The Kier molecular flexibility index (Phi) is 3.75. The molecule has 4 heteroatoms. The molecule has 0 aliphatic carbocycles. The van der Waals surface area contributed by atoms with Gasteiger partial charge < -0.3 is 4.74 Å². The Morgan fingerprint density at radius 3 is 2.50 bits per heavy atom. The number of carbonyl (C=O) groups is 1. The lowest BCUT2D eigenvalue weighted by molar-refractivity contribution is -0.129. The summed E-state index contributed by atoms with van der Waals surface area (Å²) in [5, 5.41) is 2.20. The maximum Gasteiger partial charge on any atom is 0.363 e. The summed E-state index contributed by atoms with van der Waals surface area (Å²) in [7, 11) is 0. The SMILES string of the molecule is O=C1OC(c2ccc(Br)cc2)=N/C1=C\c1cccc2ccccc12. The third-order valence-corrected chi connectivity index (χ3v) is 4.36.